The summed E-state index contributed by atoms with van der Waals surface area (Å²) < 4.78 is 16.6. The van der Waals surface area contributed by atoms with Crippen molar-refractivity contribution >= 4 is 22.7 Å². The van der Waals surface area contributed by atoms with Gasteiger partial charge in [0.2, 0.25) is 5.95 Å². The standard InChI is InChI=1S/C26H32FN9/c1-5-35-8-10-36(11-9-35)16-18-6-7-23(29-13-18)31-26-30-14-20(27)24(32-26)21-12-19-22(15-28-21)33-34(4)25(19)17(2)3/h6-7,12-15,17H,5,8-11,16H2,1-4H3,(H,29,30,31,32). The topological polar surface area (TPSA) is 87.9 Å². The lowest BCUT2D eigenvalue weighted by Crippen LogP contribution is -2.45. The molecule has 36 heavy (non-hydrogen) atoms. The van der Waals surface area contributed by atoms with Crippen LogP contribution in [0.2, 0.25) is 0 Å². The van der Waals surface area contributed by atoms with Gasteiger partial charge in [0.1, 0.15) is 17.0 Å². The highest BCUT2D eigenvalue weighted by Gasteiger charge is 2.18. The van der Waals surface area contributed by atoms with Crippen LogP contribution in [-0.2, 0) is 13.6 Å². The summed E-state index contributed by atoms with van der Waals surface area (Å²) in [6.07, 6.45) is 4.69. The molecule has 0 bridgehead atoms. The minimum atomic E-state index is -0.533. The van der Waals surface area contributed by atoms with Crippen molar-refractivity contribution in [1.29, 1.82) is 0 Å². The van der Waals surface area contributed by atoms with Crippen LogP contribution in [0.4, 0.5) is 16.2 Å². The summed E-state index contributed by atoms with van der Waals surface area (Å²) in [5.41, 5.74) is 3.57. The van der Waals surface area contributed by atoms with Gasteiger partial charge in [-0.1, -0.05) is 26.8 Å². The summed E-state index contributed by atoms with van der Waals surface area (Å²) in [5, 5.41) is 8.55. The molecule has 9 nitrogen and oxygen atoms in total. The fourth-order valence-corrected chi connectivity index (χ4v) is 4.77. The maximum Gasteiger partial charge on any atom is 0.229 e. The Hall–Kier alpha value is -3.50. The third-order valence-electron chi connectivity index (χ3n) is 6.68. The molecule has 1 fully saturated rings. The van der Waals surface area contributed by atoms with Gasteiger partial charge >= 0.3 is 0 Å². The number of piperazine rings is 1. The van der Waals surface area contributed by atoms with Crippen LogP contribution in [0.1, 0.15) is 37.9 Å². The van der Waals surface area contributed by atoms with Gasteiger partial charge in [0, 0.05) is 57.0 Å². The molecule has 0 unspecified atom stereocenters. The van der Waals surface area contributed by atoms with Crippen molar-refractivity contribution in [1.82, 2.24) is 39.5 Å². The Morgan fingerprint density at radius 2 is 1.78 bits per heavy atom. The molecule has 10 heteroatoms. The molecule has 0 saturated carbocycles. The van der Waals surface area contributed by atoms with Crippen LogP contribution in [0.25, 0.3) is 22.3 Å². The lowest BCUT2D eigenvalue weighted by atomic mass is 10.1. The molecule has 0 atom stereocenters. The molecule has 4 aromatic rings. The number of halogens is 1. The van der Waals surface area contributed by atoms with E-state index < -0.39 is 5.82 Å². The van der Waals surface area contributed by atoms with Crippen molar-refractivity contribution in [2.75, 3.05) is 38.0 Å². The first-order valence-electron chi connectivity index (χ1n) is 12.4. The third kappa shape index (κ3) is 5.05. The predicted molar refractivity (Wildman–Crippen MR) is 138 cm³/mol. The molecule has 0 radical (unpaired) electrons. The number of aromatic nitrogens is 6. The number of hydrogen-bond acceptors (Lipinski definition) is 8. The van der Waals surface area contributed by atoms with E-state index in [0.717, 1.165) is 67.6 Å². The number of rotatable bonds is 7. The van der Waals surface area contributed by atoms with Gasteiger partial charge in [0.15, 0.2) is 5.82 Å². The second kappa shape index (κ2) is 10.2. The monoisotopic (exact) mass is 489 g/mol. The third-order valence-corrected chi connectivity index (χ3v) is 6.68. The van der Waals surface area contributed by atoms with Crippen molar-refractivity contribution in [3.8, 4) is 11.4 Å². The maximum absolute atomic E-state index is 14.7. The predicted octanol–water partition coefficient (Wildman–Crippen LogP) is 3.96. The number of nitrogens with zero attached hydrogens (tertiary/aromatic N) is 8. The van der Waals surface area contributed by atoms with Gasteiger partial charge in [-0.05, 0) is 30.2 Å². The lowest BCUT2D eigenvalue weighted by molar-refractivity contribution is 0.132. The molecule has 1 aliphatic rings. The number of pyridine rings is 2. The fourth-order valence-electron chi connectivity index (χ4n) is 4.77. The number of hydrogen-bond donors (Lipinski definition) is 1. The normalized spacial score (nSPS) is 15.2. The summed E-state index contributed by atoms with van der Waals surface area (Å²) >= 11 is 0. The smallest absolute Gasteiger partial charge is 0.229 e. The molecular weight excluding hydrogens is 457 g/mol. The van der Waals surface area contributed by atoms with Crippen LogP contribution in [0, 0.1) is 5.82 Å². The summed E-state index contributed by atoms with van der Waals surface area (Å²) in [4.78, 5) is 22.4. The average molecular weight is 490 g/mol. The highest BCUT2D eigenvalue weighted by molar-refractivity contribution is 5.84. The zero-order chi connectivity index (χ0) is 25.2. The van der Waals surface area contributed by atoms with E-state index in [1.807, 2.05) is 30.1 Å². The van der Waals surface area contributed by atoms with Crippen LogP contribution in [-0.4, -0.2) is 72.2 Å². The van der Waals surface area contributed by atoms with Crippen LogP contribution >= 0.6 is 0 Å². The van der Waals surface area contributed by atoms with E-state index in [2.05, 4.69) is 67.0 Å². The maximum atomic E-state index is 14.7. The van der Waals surface area contributed by atoms with E-state index in [1.54, 1.807) is 6.20 Å². The van der Waals surface area contributed by atoms with Gasteiger partial charge in [-0.25, -0.2) is 19.3 Å². The largest absolute Gasteiger partial charge is 0.309 e. The summed E-state index contributed by atoms with van der Waals surface area (Å²) in [6.45, 7) is 12.7. The number of likely N-dealkylation sites (N-methyl/N-ethyl adjacent to an activating group) is 1. The van der Waals surface area contributed by atoms with Crippen LogP contribution in [0.3, 0.4) is 0 Å². The van der Waals surface area contributed by atoms with Crippen LogP contribution < -0.4 is 5.32 Å². The van der Waals surface area contributed by atoms with E-state index >= 15 is 0 Å². The number of fused-ring (bicyclic) bond motifs is 1. The van der Waals surface area contributed by atoms with Crippen LogP contribution in [0.15, 0.2) is 36.8 Å². The van der Waals surface area contributed by atoms with Crippen molar-refractivity contribution in [3.05, 3.63) is 53.9 Å². The van der Waals surface area contributed by atoms with Crippen molar-refractivity contribution in [2.45, 2.75) is 33.2 Å². The Labute approximate surface area is 210 Å². The summed E-state index contributed by atoms with van der Waals surface area (Å²) in [6, 6.07) is 5.80. The highest BCUT2D eigenvalue weighted by atomic mass is 19.1. The Kier molecular flexibility index (Phi) is 6.88. The first kappa shape index (κ1) is 24.2. The SMILES string of the molecule is CCN1CCN(Cc2ccc(Nc3ncc(F)c(-c4cc5c(C(C)C)n(C)nc5cn4)n3)nc2)CC1. The zero-order valence-electron chi connectivity index (χ0n) is 21.2. The van der Waals surface area contributed by atoms with Crippen molar-refractivity contribution in [2.24, 2.45) is 7.05 Å². The van der Waals surface area contributed by atoms with Gasteiger partial charge in [-0.3, -0.25) is 14.6 Å². The van der Waals surface area contributed by atoms with Gasteiger partial charge < -0.3 is 10.2 Å². The van der Waals surface area contributed by atoms with E-state index in [0.29, 0.717) is 11.5 Å². The van der Waals surface area contributed by atoms with Gasteiger partial charge in [-0.15, -0.1) is 0 Å². The molecule has 0 aromatic carbocycles. The Morgan fingerprint density at radius 3 is 2.47 bits per heavy atom. The molecule has 5 heterocycles. The molecule has 0 spiro atoms. The van der Waals surface area contributed by atoms with E-state index in [1.165, 1.54) is 0 Å². The first-order chi connectivity index (χ1) is 17.4. The second-order valence-corrected chi connectivity index (χ2v) is 9.53. The summed E-state index contributed by atoms with van der Waals surface area (Å²) in [5.74, 6) is 0.593. The number of nitrogens with one attached hydrogen (secondary N) is 1. The molecule has 0 aliphatic carbocycles. The highest BCUT2D eigenvalue weighted by Crippen LogP contribution is 2.29. The van der Waals surface area contributed by atoms with Gasteiger partial charge in [0.25, 0.3) is 0 Å². The second-order valence-electron chi connectivity index (χ2n) is 9.53. The Bertz CT molecular complexity index is 1340. The van der Waals surface area contributed by atoms with E-state index in [4.69, 9.17) is 0 Å². The van der Waals surface area contributed by atoms with Gasteiger partial charge in [-0.2, -0.15) is 5.10 Å². The first-order valence-corrected chi connectivity index (χ1v) is 12.4. The number of anilines is 2. The van der Waals surface area contributed by atoms with E-state index in [9.17, 15) is 4.39 Å². The van der Waals surface area contributed by atoms with Crippen molar-refractivity contribution < 1.29 is 4.39 Å². The minimum absolute atomic E-state index is 0.135. The quantitative estimate of drug-likeness (QED) is 0.417. The zero-order valence-corrected chi connectivity index (χ0v) is 21.2. The average Bonchev–Trinajstić information content (AvgIpc) is 3.22. The Balaban J connectivity index is 1.32. The molecular formula is C26H32FN9. The molecule has 4 aromatic heterocycles. The molecule has 1 aliphatic heterocycles. The molecule has 0 amide bonds. The fraction of sp³-hybridized carbons (Fsp3) is 0.423. The molecule has 188 valence electrons. The van der Waals surface area contributed by atoms with Gasteiger partial charge in [0.05, 0.1) is 18.1 Å². The van der Waals surface area contributed by atoms with Crippen molar-refractivity contribution in [3.63, 3.8) is 0 Å². The molecule has 1 saturated heterocycles. The van der Waals surface area contributed by atoms with E-state index in [-0.39, 0.29) is 17.6 Å². The Morgan fingerprint density at radius 1 is 1.00 bits per heavy atom. The summed E-state index contributed by atoms with van der Waals surface area (Å²) in [7, 11) is 1.91. The molecule has 1 N–H and O–H groups in total. The minimum Gasteiger partial charge on any atom is -0.309 e. The number of aryl methyl sites for hydroxylation is 1. The molecule has 5 rings (SSSR count). The lowest BCUT2D eigenvalue weighted by Gasteiger charge is -2.33. The van der Waals surface area contributed by atoms with Crippen LogP contribution in [0.5, 0.6) is 0 Å².